The highest BCUT2D eigenvalue weighted by atomic mass is 16.5. The van der Waals surface area contributed by atoms with E-state index >= 15 is 0 Å². The van der Waals surface area contributed by atoms with Gasteiger partial charge in [-0.3, -0.25) is 9.59 Å². The molecule has 0 bridgehead atoms. The van der Waals surface area contributed by atoms with Crippen molar-refractivity contribution in [2.24, 2.45) is 0 Å². The summed E-state index contributed by atoms with van der Waals surface area (Å²) >= 11 is 0. The Hall–Kier alpha value is -1.06. The van der Waals surface area contributed by atoms with Crippen LogP contribution >= 0.6 is 0 Å². The quantitative estimate of drug-likeness (QED) is 0.381. The second kappa shape index (κ2) is 7.58. The molecule has 0 unspecified atom stereocenters. The summed E-state index contributed by atoms with van der Waals surface area (Å²) in [6, 6.07) is 0. The van der Waals surface area contributed by atoms with Crippen molar-refractivity contribution in [2.75, 3.05) is 13.2 Å². The largest absolute Gasteiger partial charge is 0.466 e. The number of carbonyl (C=O) groups excluding carboxylic acids is 2. The highest BCUT2D eigenvalue weighted by Crippen LogP contribution is 1.88. The number of hydrogen-bond donors (Lipinski definition) is 1. The number of amides is 1. The zero-order chi connectivity index (χ0) is 10.1. The SMILES string of the molecule is CCCCNC(=O)CC(=O)OCC. The molecule has 0 spiro atoms. The van der Waals surface area contributed by atoms with Crippen LogP contribution in [0.3, 0.4) is 0 Å². The van der Waals surface area contributed by atoms with Crippen LogP contribution in [0, 0.1) is 0 Å². The van der Waals surface area contributed by atoms with Crippen molar-refractivity contribution in [3.8, 4) is 0 Å². The third-order valence-electron chi connectivity index (χ3n) is 1.46. The Morgan fingerprint density at radius 1 is 1.31 bits per heavy atom. The molecule has 13 heavy (non-hydrogen) atoms. The van der Waals surface area contributed by atoms with Crippen LogP contribution in [0.5, 0.6) is 0 Å². The second-order valence-electron chi connectivity index (χ2n) is 2.69. The normalized spacial score (nSPS) is 9.38. The van der Waals surface area contributed by atoms with Crippen molar-refractivity contribution in [3.63, 3.8) is 0 Å². The molecule has 1 amide bonds. The summed E-state index contributed by atoms with van der Waals surface area (Å²) in [7, 11) is 0. The van der Waals surface area contributed by atoms with Gasteiger partial charge in [-0.05, 0) is 13.3 Å². The van der Waals surface area contributed by atoms with Crippen LogP contribution < -0.4 is 5.32 Å². The number of nitrogens with one attached hydrogen (secondary N) is 1. The Balaban J connectivity index is 3.44. The predicted octanol–water partition coefficient (Wildman–Crippen LogP) is 0.856. The summed E-state index contributed by atoms with van der Waals surface area (Å²) in [5.74, 6) is -0.719. The molecule has 0 saturated carbocycles. The van der Waals surface area contributed by atoms with Gasteiger partial charge in [0, 0.05) is 6.54 Å². The van der Waals surface area contributed by atoms with E-state index in [1.165, 1.54) is 0 Å². The first-order valence-electron chi connectivity index (χ1n) is 4.63. The van der Waals surface area contributed by atoms with E-state index in [0.717, 1.165) is 12.8 Å². The fourth-order valence-corrected chi connectivity index (χ4v) is 0.810. The van der Waals surface area contributed by atoms with Crippen LogP contribution in [0.15, 0.2) is 0 Å². The molecule has 0 radical (unpaired) electrons. The molecule has 0 aromatic heterocycles. The lowest BCUT2D eigenvalue weighted by Crippen LogP contribution is -2.27. The molecule has 0 atom stereocenters. The number of ether oxygens (including phenoxy) is 1. The smallest absolute Gasteiger partial charge is 0.315 e. The van der Waals surface area contributed by atoms with Gasteiger partial charge in [-0.15, -0.1) is 0 Å². The van der Waals surface area contributed by atoms with Gasteiger partial charge in [0.1, 0.15) is 6.42 Å². The summed E-state index contributed by atoms with van der Waals surface area (Å²) in [4.78, 5) is 21.8. The third kappa shape index (κ3) is 7.31. The zero-order valence-corrected chi connectivity index (χ0v) is 8.26. The van der Waals surface area contributed by atoms with Gasteiger partial charge in [0.2, 0.25) is 5.91 Å². The van der Waals surface area contributed by atoms with Crippen molar-refractivity contribution in [3.05, 3.63) is 0 Å². The van der Waals surface area contributed by atoms with E-state index in [2.05, 4.69) is 10.1 Å². The first-order chi connectivity index (χ1) is 6.20. The molecule has 4 nitrogen and oxygen atoms in total. The number of carbonyl (C=O) groups is 2. The van der Waals surface area contributed by atoms with E-state index in [4.69, 9.17) is 0 Å². The van der Waals surface area contributed by atoms with E-state index in [1.807, 2.05) is 6.92 Å². The summed E-state index contributed by atoms with van der Waals surface area (Å²) in [5, 5.41) is 2.63. The van der Waals surface area contributed by atoms with Gasteiger partial charge in [0.25, 0.3) is 0 Å². The van der Waals surface area contributed by atoms with Crippen LogP contribution in [0.1, 0.15) is 33.1 Å². The molecular formula is C9H17NO3. The summed E-state index contributed by atoms with van der Waals surface area (Å²) in [6.07, 6.45) is 1.80. The van der Waals surface area contributed by atoms with Crippen molar-refractivity contribution in [1.82, 2.24) is 5.32 Å². The molecule has 0 aliphatic rings. The average Bonchev–Trinajstić information content (AvgIpc) is 2.05. The van der Waals surface area contributed by atoms with E-state index in [1.54, 1.807) is 6.92 Å². The maximum Gasteiger partial charge on any atom is 0.315 e. The van der Waals surface area contributed by atoms with Crippen LogP contribution in [0.25, 0.3) is 0 Å². The minimum Gasteiger partial charge on any atom is -0.466 e. The number of hydrogen-bond acceptors (Lipinski definition) is 3. The van der Waals surface area contributed by atoms with Crippen molar-refractivity contribution >= 4 is 11.9 Å². The summed E-state index contributed by atoms with van der Waals surface area (Å²) in [5.41, 5.74) is 0. The van der Waals surface area contributed by atoms with Crippen LogP contribution in [0.4, 0.5) is 0 Å². The molecule has 76 valence electrons. The van der Waals surface area contributed by atoms with Gasteiger partial charge in [-0.1, -0.05) is 13.3 Å². The minimum atomic E-state index is -0.462. The van der Waals surface area contributed by atoms with Gasteiger partial charge < -0.3 is 10.1 Å². The topological polar surface area (TPSA) is 55.4 Å². The first-order valence-corrected chi connectivity index (χ1v) is 4.63. The number of unbranched alkanes of at least 4 members (excludes halogenated alkanes) is 1. The lowest BCUT2D eigenvalue weighted by Gasteiger charge is -2.03. The minimum absolute atomic E-state index is 0.169. The van der Waals surface area contributed by atoms with Crippen LogP contribution in [-0.4, -0.2) is 25.0 Å². The molecule has 0 saturated heterocycles. The maximum absolute atomic E-state index is 11.0. The fraction of sp³-hybridized carbons (Fsp3) is 0.778. The Morgan fingerprint density at radius 2 is 2.00 bits per heavy atom. The average molecular weight is 187 g/mol. The summed E-state index contributed by atoms with van der Waals surface area (Å²) in [6.45, 7) is 4.71. The lowest BCUT2D eigenvalue weighted by atomic mass is 10.3. The Morgan fingerprint density at radius 3 is 2.54 bits per heavy atom. The van der Waals surface area contributed by atoms with Gasteiger partial charge in [-0.2, -0.15) is 0 Å². The lowest BCUT2D eigenvalue weighted by molar-refractivity contribution is -0.145. The second-order valence-corrected chi connectivity index (χ2v) is 2.69. The summed E-state index contributed by atoms with van der Waals surface area (Å²) < 4.78 is 4.62. The zero-order valence-electron chi connectivity index (χ0n) is 8.26. The maximum atomic E-state index is 11.0. The molecular weight excluding hydrogens is 170 g/mol. The molecule has 0 rings (SSSR count). The molecule has 0 aromatic carbocycles. The van der Waals surface area contributed by atoms with E-state index in [0.29, 0.717) is 13.2 Å². The van der Waals surface area contributed by atoms with Crippen molar-refractivity contribution in [1.29, 1.82) is 0 Å². The number of rotatable bonds is 6. The molecule has 4 heteroatoms. The van der Waals surface area contributed by atoms with Gasteiger partial charge in [0.05, 0.1) is 6.61 Å². The van der Waals surface area contributed by atoms with Gasteiger partial charge in [-0.25, -0.2) is 0 Å². The monoisotopic (exact) mass is 187 g/mol. The molecule has 1 N–H and O–H groups in total. The Labute approximate surface area is 78.6 Å². The van der Waals surface area contributed by atoms with Crippen molar-refractivity contribution < 1.29 is 14.3 Å². The standard InChI is InChI=1S/C9H17NO3/c1-3-5-6-10-8(11)7-9(12)13-4-2/h3-7H2,1-2H3,(H,10,11). The van der Waals surface area contributed by atoms with Gasteiger partial charge in [0.15, 0.2) is 0 Å². The van der Waals surface area contributed by atoms with Crippen molar-refractivity contribution in [2.45, 2.75) is 33.1 Å². The Kier molecular flexibility index (Phi) is 6.96. The first kappa shape index (κ1) is 11.9. The van der Waals surface area contributed by atoms with Crippen LogP contribution in [-0.2, 0) is 14.3 Å². The molecule has 0 aliphatic carbocycles. The molecule has 0 heterocycles. The number of esters is 1. The molecule has 0 fully saturated rings. The highest BCUT2D eigenvalue weighted by molar-refractivity contribution is 5.94. The van der Waals surface area contributed by atoms with E-state index in [9.17, 15) is 9.59 Å². The molecule has 0 aromatic rings. The van der Waals surface area contributed by atoms with Gasteiger partial charge >= 0.3 is 5.97 Å². The van der Waals surface area contributed by atoms with Crippen LogP contribution in [0.2, 0.25) is 0 Å². The van der Waals surface area contributed by atoms with E-state index in [-0.39, 0.29) is 12.3 Å². The highest BCUT2D eigenvalue weighted by Gasteiger charge is 2.08. The van der Waals surface area contributed by atoms with E-state index < -0.39 is 5.97 Å². The molecule has 0 aliphatic heterocycles. The fourth-order valence-electron chi connectivity index (χ4n) is 0.810. The Bertz CT molecular complexity index is 168. The predicted molar refractivity (Wildman–Crippen MR) is 49.2 cm³/mol. The third-order valence-corrected chi connectivity index (χ3v) is 1.46.